The smallest absolute Gasteiger partial charge is 0.222 e. The summed E-state index contributed by atoms with van der Waals surface area (Å²) >= 11 is 5.39. The van der Waals surface area contributed by atoms with Gasteiger partial charge in [-0.1, -0.05) is 54.1 Å². The summed E-state index contributed by atoms with van der Waals surface area (Å²) in [5.74, 6) is 0.810. The van der Waals surface area contributed by atoms with Gasteiger partial charge in [0.1, 0.15) is 0 Å². The van der Waals surface area contributed by atoms with Crippen molar-refractivity contribution in [3.63, 3.8) is 0 Å². The molecule has 0 atom stereocenters. The van der Waals surface area contributed by atoms with E-state index < -0.39 is 0 Å². The van der Waals surface area contributed by atoms with Gasteiger partial charge in [0.25, 0.3) is 0 Å². The second kappa shape index (κ2) is 7.72. The first kappa shape index (κ1) is 18.6. The molecule has 2 N–H and O–H groups in total. The van der Waals surface area contributed by atoms with Crippen molar-refractivity contribution in [1.82, 2.24) is 20.1 Å². The van der Waals surface area contributed by atoms with Crippen LogP contribution in [0.15, 0.2) is 54.6 Å². The van der Waals surface area contributed by atoms with Crippen molar-refractivity contribution in [3.8, 4) is 11.4 Å². The Labute approximate surface area is 169 Å². The highest BCUT2D eigenvalue weighted by Gasteiger charge is 2.39. The number of amides is 1. The molecule has 2 aromatic carbocycles. The third kappa shape index (κ3) is 3.64. The Kier molecular flexibility index (Phi) is 5.13. The van der Waals surface area contributed by atoms with E-state index in [9.17, 15) is 4.79 Å². The zero-order valence-corrected chi connectivity index (χ0v) is 16.8. The maximum absolute atomic E-state index is 12.7. The van der Waals surface area contributed by atoms with Crippen LogP contribution in [0.1, 0.15) is 36.8 Å². The maximum atomic E-state index is 12.7. The summed E-state index contributed by atoms with van der Waals surface area (Å²) in [6.45, 7) is 2.54. The largest absolute Gasteiger partial charge is 0.347 e. The normalized spacial score (nSPS) is 15.0. The first-order chi connectivity index (χ1) is 13.6. The lowest BCUT2D eigenvalue weighted by atomic mass is 9.71. The molecule has 0 unspecified atom stereocenters. The molecular formula is C22H24N4OS. The lowest BCUT2D eigenvalue weighted by molar-refractivity contribution is -0.124. The molecule has 1 aliphatic carbocycles. The highest BCUT2D eigenvalue weighted by atomic mass is 32.1. The van der Waals surface area contributed by atoms with E-state index >= 15 is 0 Å². The molecule has 0 bridgehead atoms. The molecule has 1 amide bonds. The Morgan fingerprint density at radius 3 is 2.68 bits per heavy atom. The molecule has 1 aromatic heterocycles. The fourth-order valence-electron chi connectivity index (χ4n) is 3.85. The third-order valence-electron chi connectivity index (χ3n) is 5.51. The monoisotopic (exact) mass is 392 g/mol. The quantitative estimate of drug-likeness (QED) is 0.607. The van der Waals surface area contributed by atoms with Crippen LogP contribution in [0.4, 0.5) is 0 Å². The summed E-state index contributed by atoms with van der Waals surface area (Å²) in [5.41, 5.74) is 3.13. The van der Waals surface area contributed by atoms with Crippen molar-refractivity contribution >= 4 is 18.1 Å². The van der Waals surface area contributed by atoms with E-state index in [0.717, 1.165) is 36.2 Å². The van der Waals surface area contributed by atoms with Crippen LogP contribution in [0.25, 0.3) is 11.4 Å². The predicted molar refractivity (Wildman–Crippen MR) is 112 cm³/mol. The predicted octanol–water partition coefficient (Wildman–Crippen LogP) is 4.50. The first-order valence-electron chi connectivity index (χ1n) is 9.66. The molecule has 1 heterocycles. The summed E-state index contributed by atoms with van der Waals surface area (Å²) in [6.07, 6.45) is 3.48. The summed E-state index contributed by atoms with van der Waals surface area (Å²) in [6, 6.07) is 18.4. The van der Waals surface area contributed by atoms with Crippen LogP contribution in [0.3, 0.4) is 0 Å². The number of hydrogen-bond donors (Lipinski definition) is 2. The van der Waals surface area contributed by atoms with Gasteiger partial charge < -0.3 is 5.32 Å². The van der Waals surface area contributed by atoms with Crippen molar-refractivity contribution < 1.29 is 4.79 Å². The van der Waals surface area contributed by atoms with Gasteiger partial charge >= 0.3 is 0 Å². The molecule has 4 rings (SSSR count). The average molecular weight is 393 g/mol. The van der Waals surface area contributed by atoms with E-state index in [1.165, 1.54) is 5.56 Å². The minimum Gasteiger partial charge on any atom is -0.347 e. The number of aromatic amines is 1. The van der Waals surface area contributed by atoms with Crippen LogP contribution >= 0.6 is 12.2 Å². The van der Waals surface area contributed by atoms with E-state index in [2.05, 4.69) is 33.7 Å². The molecule has 0 radical (unpaired) electrons. The summed E-state index contributed by atoms with van der Waals surface area (Å²) < 4.78 is 2.44. The van der Waals surface area contributed by atoms with Gasteiger partial charge in [0.05, 0.1) is 5.54 Å². The van der Waals surface area contributed by atoms with E-state index in [0.29, 0.717) is 17.7 Å². The van der Waals surface area contributed by atoms with Crippen molar-refractivity contribution in [2.24, 2.45) is 0 Å². The first-order valence-corrected chi connectivity index (χ1v) is 10.1. The fourth-order valence-corrected chi connectivity index (χ4v) is 4.07. The number of benzene rings is 2. The van der Waals surface area contributed by atoms with Crippen LogP contribution in [-0.2, 0) is 16.9 Å². The van der Waals surface area contributed by atoms with E-state index in [1.54, 1.807) is 0 Å². The zero-order valence-electron chi connectivity index (χ0n) is 15.9. The Hall–Kier alpha value is -2.73. The van der Waals surface area contributed by atoms with Crippen LogP contribution < -0.4 is 5.32 Å². The summed E-state index contributed by atoms with van der Waals surface area (Å²) in [7, 11) is 0. The minimum absolute atomic E-state index is 0.0434. The standard InChI is InChI=1S/C22H24N4OS/c1-16-7-5-8-17(15-16)20-24-25-21(28)26(20)14-11-19(27)23-22(12-6-13-22)18-9-3-2-4-10-18/h2-5,7-10,15H,6,11-14H2,1H3,(H,23,27)(H,25,28). The lowest BCUT2D eigenvalue weighted by Gasteiger charge is -2.43. The van der Waals surface area contributed by atoms with Gasteiger partial charge in [-0.3, -0.25) is 14.5 Å². The Morgan fingerprint density at radius 2 is 2.00 bits per heavy atom. The van der Waals surface area contributed by atoms with Gasteiger partial charge in [0.2, 0.25) is 5.91 Å². The molecule has 1 fully saturated rings. The van der Waals surface area contributed by atoms with Gasteiger partial charge in [-0.2, -0.15) is 5.10 Å². The molecule has 1 saturated carbocycles. The number of carbonyl (C=O) groups excluding carboxylic acids is 1. The van der Waals surface area contributed by atoms with E-state index in [1.807, 2.05) is 47.9 Å². The van der Waals surface area contributed by atoms with Crippen molar-refractivity contribution in [1.29, 1.82) is 0 Å². The summed E-state index contributed by atoms with van der Waals surface area (Å²) in [5, 5.41) is 10.5. The molecule has 0 spiro atoms. The van der Waals surface area contributed by atoms with Gasteiger partial charge in [-0.05, 0) is 50.0 Å². The Morgan fingerprint density at radius 1 is 1.21 bits per heavy atom. The number of rotatable bonds is 6. The average Bonchev–Trinajstić information content (AvgIpc) is 3.04. The number of hydrogen-bond acceptors (Lipinski definition) is 3. The van der Waals surface area contributed by atoms with Gasteiger partial charge in [0.15, 0.2) is 10.6 Å². The van der Waals surface area contributed by atoms with Crippen LogP contribution in [0, 0.1) is 11.7 Å². The maximum Gasteiger partial charge on any atom is 0.222 e. The van der Waals surface area contributed by atoms with E-state index in [-0.39, 0.29) is 11.4 Å². The number of aryl methyl sites for hydroxylation is 1. The molecule has 0 saturated heterocycles. The molecular weight excluding hydrogens is 368 g/mol. The van der Waals surface area contributed by atoms with Gasteiger partial charge in [0, 0.05) is 18.5 Å². The Bertz CT molecular complexity index is 1030. The molecule has 144 valence electrons. The van der Waals surface area contributed by atoms with E-state index in [4.69, 9.17) is 12.2 Å². The van der Waals surface area contributed by atoms with Crippen LogP contribution in [0.2, 0.25) is 0 Å². The molecule has 6 heteroatoms. The van der Waals surface area contributed by atoms with Crippen LogP contribution in [-0.4, -0.2) is 20.7 Å². The minimum atomic E-state index is -0.213. The lowest BCUT2D eigenvalue weighted by Crippen LogP contribution is -2.50. The fraction of sp³-hybridized carbons (Fsp3) is 0.318. The molecule has 0 aliphatic heterocycles. The van der Waals surface area contributed by atoms with Gasteiger partial charge in [-0.15, -0.1) is 0 Å². The van der Waals surface area contributed by atoms with Crippen molar-refractivity contribution in [2.45, 2.75) is 44.7 Å². The zero-order chi connectivity index (χ0) is 19.6. The number of carbonyl (C=O) groups is 1. The Balaban J connectivity index is 1.47. The van der Waals surface area contributed by atoms with Crippen molar-refractivity contribution in [2.75, 3.05) is 0 Å². The molecule has 5 nitrogen and oxygen atoms in total. The highest BCUT2D eigenvalue weighted by molar-refractivity contribution is 7.71. The molecule has 28 heavy (non-hydrogen) atoms. The number of aromatic nitrogens is 3. The molecule has 1 aliphatic rings. The molecule has 3 aromatic rings. The SMILES string of the molecule is Cc1cccc(-c2n[nH]c(=S)n2CCC(=O)NC2(c3ccccc3)CCC2)c1. The number of nitrogens with zero attached hydrogens (tertiary/aromatic N) is 2. The summed E-state index contributed by atoms with van der Waals surface area (Å²) in [4.78, 5) is 12.7. The second-order valence-corrected chi connectivity index (χ2v) is 7.86. The van der Waals surface area contributed by atoms with Crippen molar-refractivity contribution in [3.05, 3.63) is 70.5 Å². The second-order valence-electron chi connectivity index (χ2n) is 7.47. The highest BCUT2D eigenvalue weighted by Crippen LogP contribution is 2.41. The van der Waals surface area contributed by atoms with Crippen LogP contribution in [0.5, 0.6) is 0 Å². The topological polar surface area (TPSA) is 62.7 Å². The number of nitrogens with one attached hydrogen (secondary N) is 2. The number of H-pyrrole nitrogens is 1. The third-order valence-corrected chi connectivity index (χ3v) is 5.82. The van der Waals surface area contributed by atoms with Gasteiger partial charge in [-0.25, -0.2) is 0 Å².